The molecule has 0 radical (unpaired) electrons. The average Bonchev–Trinajstić information content (AvgIpc) is 3.56. The highest BCUT2D eigenvalue weighted by atomic mass is 16.6. The SMILES string of the molecule is CCOC(=O)CCNC(=O)C(c1ccc(O)c(C)c1)N(C(=O)C(CCC(N)=O)NC(=O)OC(C)(C)C)C1CC1C. The number of ether oxygens (including phenoxy) is 2. The number of carbonyl (C=O) groups is 5. The van der Waals surface area contributed by atoms with Gasteiger partial charge in [0.05, 0.1) is 13.0 Å². The van der Waals surface area contributed by atoms with Crippen LogP contribution in [0.3, 0.4) is 0 Å². The van der Waals surface area contributed by atoms with Crippen LogP contribution in [-0.2, 0) is 28.7 Å². The number of esters is 1. The molecule has 0 saturated heterocycles. The number of alkyl carbamates (subject to hydrolysis) is 1. The number of hydrogen-bond donors (Lipinski definition) is 4. The molecule has 0 bridgehead atoms. The third kappa shape index (κ3) is 9.73. The lowest BCUT2D eigenvalue weighted by molar-refractivity contribution is -0.145. The molecule has 2 rings (SSSR count). The molecule has 4 unspecified atom stereocenters. The number of nitrogens with zero attached hydrogens (tertiary/aromatic N) is 1. The minimum atomic E-state index is -1.21. The zero-order valence-electron chi connectivity index (χ0n) is 24.1. The summed E-state index contributed by atoms with van der Waals surface area (Å²) in [6, 6.07) is 1.90. The molecule has 0 aliphatic heterocycles. The largest absolute Gasteiger partial charge is 0.508 e. The average molecular weight is 563 g/mol. The zero-order valence-corrected chi connectivity index (χ0v) is 24.1. The molecule has 40 heavy (non-hydrogen) atoms. The van der Waals surface area contributed by atoms with E-state index in [1.165, 1.54) is 11.0 Å². The third-order valence-electron chi connectivity index (χ3n) is 6.34. The summed E-state index contributed by atoms with van der Waals surface area (Å²) in [5.41, 5.74) is 5.43. The summed E-state index contributed by atoms with van der Waals surface area (Å²) in [7, 11) is 0. The van der Waals surface area contributed by atoms with E-state index >= 15 is 0 Å². The number of amides is 4. The monoisotopic (exact) mass is 562 g/mol. The molecule has 12 nitrogen and oxygen atoms in total. The second kappa shape index (κ2) is 14.0. The van der Waals surface area contributed by atoms with Gasteiger partial charge in [-0.3, -0.25) is 19.2 Å². The predicted octanol–water partition coefficient (Wildman–Crippen LogP) is 2.21. The van der Waals surface area contributed by atoms with E-state index in [0.29, 0.717) is 17.5 Å². The minimum Gasteiger partial charge on any atom is -0.508 e. The van der Waals surface area contributed by atoms with E-state index in [-0.39, 0.29) is 50.1 Å². The lowest BCUT2D eigenvalue weighted by Gasteiger charge is -2.35. The topological polar surface area (TPSA) is 177 Å². The number of benzene rings is 1. The zero-order chi connectivity index (χ0) is 30.2. The number of carbonyl (C=O) groups excluding carboxylic acids is 5. The Balaban J connectivity index is 2.47. The smallest absolute Gasteiger partial charge is 0.408 e. The van der Waals surface area contributed by atoms with E-state index in [9.17, 15) is 29.1 Å². The van der Waals surface area contributed by atoms with Gasteiger partial charge in [-0.25, -0.2) is 4.79 Å². The number of phenolic OH excluding ortho intramolecular Hbond substituents is 1. The Bertz CT molecular complexity index is 1100. The summed E-state index contributed by atoms with van der Waals surface area (Å²) in [5.74, 6) is -2.18. The number of rotatable bonds is 13. The van der Waals surface area contributed by atoms with Gasteiger partial charge in [0.15, 0.2) is 0 Å². The van der Waals surface area contributed by atoms with Crippen LogP contribution in [-0.4, -0.2) is 70.6 Å². The number of aromatic hydroxyl groups is 1. The summed E-state index contributed by atoms with van der Waals surface area (Å²) in [4.78, 5) is 65.2. The van der Waals surface area contributed by atoms with E-state index < -0.39 is 47.5 Å². The fraction of sp³-hybridized carbons (Fsp3) is 0.607. The first-order chi connectivity index (χ1) is 18.6. The lowest BCUT2D eigenvalue weighted by atomic mass is 9.99. The summed E-state index contributed by atoms with van der Waals surface area (Å²) < 4.78 is 10.3. The van der Waals surface area contributed by atoms with Gasteiger partial charge in [-0.15, -0.1) is 0 Å². The molecular formula is C28H42N4O8. The van der Waals surface area contributed by atoms with Gasteiger partial charge in [-0.2, -0.15) is 0 Å². The number of nitrogens with two attached hydrogens (primary N) is 1. The molecular weight excluding hydrogens is 520 g/mol. The Hall–Kier alpha value is -3.83. The second-order valence-electron chi connectivity index (χ2n) is 11.0. The second-order valence-corrected chi connectivity index (χ2v) is 11.0. The number of nitrogens with one attached hydrogen (secondary N) is 2. The van der Waals surface area contributed by atoms with Crippen molar-refractivity contribution in [2.45, 2.75) is 91.0 Å². The molecule has 4 atom stereocenters. The first-order valence-electron chi connectivity index (χ1n) is 13.5. The first kappa shape index (κ1) is 32.4. The molecule has 12 heteroatoms. The van der Waals surface area contributed by atoms with Crippen molar-refractivity contribution in [1.82, 2.24) is 15.5 Å². The Kier molecular flexibility index (Phi) is 11.3. The van der Waals surface area contributed by atoms with Crippen LogP contribution in [0.5, 0.6) is 5.75 Å². The maximum atomic E-state index is 14.1. The van der Waals surface area contributed by atoms with Crippen LogP contribution in [0.2, 0.25) is 0 Å². The van der Waals surface area contributed by atoms with Gasteiger partial charge < -0.3 is 35.8 Å². The van der Waals surface area contributed by atoms with E-state index in [4.69, 9.17) is 15.2 Å². The quantitative estimate of drug-likeness (QED) is 0.264. The van der Waals surface area contributed by atoms with Crippen LogP contribution < -0.4 is 16.4 Å². The van der Waals surface area contributed by atoms with Crippen molar-refractivity contribution in [3.8, 4) is 5.75 Å². The maximum Gasteiger partial charge on any atom is 0.408 e. The number of primary amides is 1. The van der Waals surface area contributed by atoms with E-state index in [0.717, 1.165) is 0 Å². The molecule has 4 amide bonds. The van der Waals surface area contributed by atoms with Crippen molar-refractivity contribution in [2.24, 2.45) is 11.7 Å². The molecule has 1 aliphatic carbocycles. The summed E-state index contributed by atoms with van der Waals surface area (Å²) in [5, 5.41) is 15.4. The van der Waals surface area contributed by atoms with Crippen molar-refractivity contribution in [1.29, 1.82) is 0 Å². The highest BCUT2D eigenvalue weighted by Gasteiger charge is 2.48. The normalized spacial score (nSPS) is 17.6. The Morgan fingerprint density at radius 2 is 1.82 bits per heavy atom. The van der Waals surface area contributed by atoms with Crippen molar-refractivity contribution in [2.75, 3.05) is 13.2 Å². The Morgan fingerprint density at radius 3 is 2.35 bits per heavy atom. The van der Waals surface area contributed by atoms with Crippen LogP contribution in [0.25, 0.3) is 0 Å². The van der Waals surface area contributed by atoms with Crippen LogP contribution in [0.1, 0.15) is 77.5 Å². The van der Waals surface area contributed by atoms with Crippen LogP contribution in [0.15, 0.2) is 18.2 Å². The van der Waals surface area contributed by atoms with Gasteiger partial charge in [0, 0.05) is 19.0 Å². The molecule has 1 aromatic carbocycles. The maximum absolute atomic E-state index is 14.1. The van der Waals surface area contributed by atoms with Crippen molar-refractivity contribution < 1.29 is 38.6 Å². The van der Waals surface area contributed by atoms with Gasteiger partial charge >= 0.3 is 12.1 Å². The highest BCUT2D eigenvalue weighted by molar-refractivity contribution is 5.93. The van der Waals surface area contributed by atoms with Crippen LogP contribution in [0.4, 0.5) is 4.79 Å². The summed E-state index contributed by atoms with van der Waals surface area (Å²) in [6.07, 6.45) is -0.582. The van der Waals surface area contributed by atoms with Gasteiger partial charge in [-0.1, -0.05) is 13.0 Å². The highest BCUT2D eigenvalue weighted by Crippen LogP contribution is 2.41. The van der Waals surface area contributed by atoms with Crippen molar-refractivity contribution in [3.05, 3.63) is 29.3 Å². The molecule has 0 spiro atoms. The van der Waals surface area contributed by atoms with E-state index in [2.05, 4.69) is 10.6 Å². The predicted molar refractivity (Wildman–Crippen MR) is 146 cm³/mol. The van der Waals surface area contributed by atoms with E-state index in [1.54, 1.807) is 46.8 Å². The van der Waals surface area contributed by atoms with Gasteiger partial charge in [0.2, 0.25) is 17.7 Å². The minimum absolute atomic E-state index is 0.0191. The first-order valence-corrected chi connectivity index (χ1v) is 13.5. The molecule has 1 aliphatic rings. The van der Waals surface area contributed by atoms with Crippen molar-refractivity contribution in [3.63, 3.8) is 0 Å². The lowest BCUT2D eigenvalue weighted by Crippen LogP contribution is -2.54. The molecule has 0 aromatic heterocycles. The van der Waals surface area contributed by atoms with Gasteiger partial charge in [0.25, 0.3) is 0 Å². The molecule has 1 aromatic rings. The Labute approximate surface area is 234 Å². The van der Waals surface area contributed by atoms with Crippen molar-refractivity contribution >= 4 is 29.8 Å². The summed E-state index contributed by atoms with van der Waals surface area (Å²) >= 11 is 0. The van der Waals surface area contributed by atoms with Gasteiger partial charge in [0.1, 0.15) is 23.4 Å². The number of hydrogen-bond acceptors (Lipinski definition) is 8. The van der Waals surface area contributed by atoms with E-state index in [1.807, 2.05) is 6.92 Å². The molecule has 0 heterocycles. The van der Waals surface area contributed by atoms with Gasteiger partial charge in [-0.05, 0) is 76.6 Å². The molecule has 5 N–H and O–H groups in total. The third-order valence-corrected chi connectivity index (χ3v) is 6.34. The summed E-state index contributed by atoms with van der Waals surface area (Å²) in [6.45, 7) is 10.5. The van der Waals surface area contributed by atoms with Crippen LogP contribution >= 0.6 is 0 Å². The standard InChI is InChI=1S/C28H42N4O8/c1-7-39-23(35)12-13-30-25(36)24(18-8-10-21(33)17(3)14-18)32(20-15-16(20)2)26(37)19(9-11-22(29)34)31-27(38)40-28(4,5)6/h8,10,14,16,19-20,24,33H,7,9,11-13,15H2,1-6H3,(H2,29,34)(H,30,36)(H,31,38). The molecule has 1 saturated carbocycles. The molecule has 222 valence electrons. The van der Waals surface area contributed by atoms with Crippen LogP contribution in [0, 0.1) is 12.8 Å². The Morgan fingerprint density at radius 1 is 1.18 bits per heavy atom. The fourth-order valence-electron chi connectivity index (χ4n) is 4.25. The number of aryl methyl sites for hydroxylation is 1. The molecule has 1 fully saturated rings. The fourth-order valence-corrected chi connectivity index (χ4v) is 4.25. The number of phenols is 1.